The Hall–Kier alpha value is -2.69. The number of nitrogens with one attached hydrogen (secondary N) is 1. The monoisotopic (exact) mass is 368 g/mol. The maximum Gasteiger partial charge on any atom is 0.248 e. The van der Waals surface area contributed by atoms with Crippen LogP contribution in [0.25, 0.3) is 22.2 Å². The summed E-state index contributed by atoms with van der Waals surface area (Å²) in [6, 6.07) is 17.7. The third-order valence-electron chi connectivity index (χ3n) is 5.18. The molecule has 1 saturated carbocycles. The molecule has 0 bridgehead atoms. The van der Waals surface area contributed by atoms with Crippen LogP contribution >= 0.6 is 0 Å². The van der Waals surface area contributed by atoms with Crippen molar-refractivity contribution >= 4 is 16.6 Å². The summed E-state index contributed by atoms with van der Waals surface area (Å²) in [5.74, 6) is -1.73. The maximum absolute atomic E-state index is 13.5. The van der Waals surface area contributed by atoms with E-state index in [0.29, 0.717) is 12.8 Å². The summed E-state index contributed by atoms with van der Waals surface area (Å²) in [7, 11) is 1.64. The van der Waals surface area contributed by atoms with E-state index in [-0.39, 0.29) is 18.9 Å². The molecule has 2 aromatic carbocycles. The highest BCUT2D eigenvalue weighted by molar-refractivity contribution is 5.93. The zero-order valence-corrected chi connectivity index (χ0v) is 15.2. The molecule has 0 saturated heterocycles. The van der Waals surface area contributed by atoms with Crippen LogP contribution in [0.5, 0.6) is 5.75 Å². The van der Waals surface area contributed by atoms with Crippen molar-refractivity contribution in [2.75, 3.05) is 12.4 Å². The van der Waals surface area contributed by atoms with Gasteiger partial charge in [0.25, 0.3) is 0 Å². The molecule has 3 nitrogen and oxygen atoms in total. The first kappa shape index (κ1) is 17.7. The van der Waals surface area contributed by atoms with E-state index in [2.05, 4.69) is 5.32 Å². The van der Waals surface area contributed by atoms with E-state index in [0.717, 1.165) is 33.6 Å². The van der Waals surface area contributed by atoms with Gasteiger partial charge >= 0.3 is 0 Å². The molecular weight excluding hydrogens is 346 g/mol. The molecule has 4 rings (SSSR count). The van der Waals surface area contributed by atoms with Crippen LogP contribution in [-0.2, 0) is 0 Å². The van der Waals surface area contributed by atoms with Crippen molar-refractivity contribution in [3.05, 3.63) is 54.6 Å². The summed E-state index contributed by atoms with van der Waals surface area (Å²) >= 11 is 0. The Balaban J connectivity index is 1.68. The van der Waals surface area contributed by atoms with Crippen LogP contribution in [0.3, 0.4) is 0 Å². The number of ether oxygens (including phenoxy) is 1. The number of rotatable bonds is 4. The second-order valence-corrected chi connectivity index (χ2v) is 7.08. The first-order valence-corrected chi connectivity index (χ1v) is 9.23. The molecule has 1 fully saturated rings. The van der Waals surface area contributed by atoms with Gasteiger partial charge in [0.15, 0.2) is 0 Å². The van der Waals surface area contributed by atoms with Crippen molar-refractivity contribution in [1.82, 2.24) is 4.98 Å². The van der Waals surface area contributed by atoms with Gasteiger partial charge in [-0.2, -0.15) is 0 Å². The molecule has 0 aliphatic heterocycles. The van der Waals surface area contributed by atoms with Gasteiger partial charge < -0.3 is 10.1 Å². The highest BCUT2D eigenvalue weighted by Crippen LogP contribution is 2.36. The summed E-state index contributed by atoms with van der Waals surface area (Å²) in [4.78, 5) is 4.78. The topological polar surface area (TPSA) is 34.1 Å². The smallest absolute Gasteiger partial charge is 0.248 e. The first-order chi connectivity index (χ1) is 13.0. The summed E-state index contributed by atoms with van der Waals surface area (Å²) in [5.41, 5.74) is 3.66. The molecule has 0 spiro atoms. The van der Waals surface area contributed by atoms with Gasteiger partial charge in [0, 0.05) is 35.5 Å². The number of benzene rings is 2. The maximum atomic E-state index is 13.5. The second kappa shape index (κ2) is 7.14. The average Bonchev–Trinajstić information content (AvgIpc) is 2.69. The number of para-hydroxylation sites is 1. The quantitative estimate of drug-likeness (QED) is 0.622. The van der Waals surface area contributed by atoms with E-state index in [9.17, 15) is 8.78 Å². The zero-order valence-electron chi connectivity index (χ0n) is 15.2. The molecule has 1 heterocycles. The summed E-state index contributed by atoms with van der Waals surface area (Å²) in [6.07, 6.45) is 0.834. The number of hydrogen-bond acceptors (Lipinski definition) is 3. The minimum Gasteiger partial charge on any atom is -0.497 e. The molecular formula is C22H22F2N2O. The number of pyridine rings is 1. The third-order valence-corrected chi connectivity index (χ3v) is 5.18. The average molecular weight is 368 g/mol. The largest absolute Gasteiger partial charge is 0.497 e. The molecule has 27 heavy (non-hydrogen) atoms. The molecule has 5 heteroatoms. The first-order valence-electron chi connectivity index (χ1n) is 9.23. The molecule has 0 atom stereocenters. The molecule has 1 aromatic heterocycles. The lowest BCUT2D eigenvalue weighted by Gasteiger charge is -2.30. The lowest BCUT2D eigenvalue weighted by Crippen LogP contribution is -2.32. The van der Waals surface area contributed by atoms with Crippen LogP contribution in [0, 0.1) is 0 Å². The van der Waals surface area contributed by atoms with Gasteiger partial charge in [0.05, 0.1) is 18.3 Å². The molecule has 0 unspecified atom stereocenters. The van der Waals surface area contributed by atoms with Crippen LogP contribution in [0.1, 0.15) is 25.7 Å². The molecule has 1 aliphatic rings. The van der Waals surface area contributed by atoms with Gasteiger partial charge in [0.1, 0.15) is 5.75 Å². The molecule has 140 valence electrons. The van der Waals surface area contributed by atoms with Gasteiger partial charge in [-0.1, -0.05) is 18.2 Å². The Bertz CT molecular complexity index is 931. The number of nitrogens with zero attached hydrogens (tertiary/aromatic N) is 1. The normalized spacial score (nSPS) is 17.0. The van der Waals surface area contributed by atoms with Crippen LogP contribution in [0.15, 0.2) is 54.6 Å². The molecule has 0 radical (unpaired) electrons. The Kier molecular flexibility index (Phi) is 4.68. The fraction of sp³-hybridized carbons (Fsp3) is 0.318. The lowest BCUT2D eigenvalue weighted by molar-refractivity contribution is -0.0360. The highest BCUT2D eigenvalue weighted by Gasteiger charge is 2.34. The minimum atomic E-state index is -2.52. The van der Waals surface area contributed by atoms with Crippen LogP contribution in [-0.4, -0.2) is 24.1 Å². The second-order valence-electron chi connectivity index (χ2n) is 7.08. The Morgan fingerprint density at radius 2 is 1.74 bits per heavy atom. The van der Waals surface area contributed by atoms with E-state index in [1.165, 1.54) is 0 Å². The lowest BCUT2D eigenvalue weighted by atomic mass is 9.92. The predicted molar refractivity (Wildman–Crippen MR) is 105 cm³/mol. The third kappa shape index (κ3) is 3.87. The van der Waals surface area contributed by atoms with Gasteiger partial charge in [0.2, 0.25) is 5.92 Å². The predicted octanol–water partition coefficient (Wildman–Crippen LogP) is 5.90. The number of alkyl halides is 2. The Labute approximate surface area is 157 Å². The van der Waals surface area contributed by atoms with Gasteiger partial charge in [-0.25, -0.2) is 13.8 Å². The van der Waals surface area contributed by atoms with E-state index in [1.54, 1.807) is 7.11 Å². The van der Waals surface area contributed by atoms with Gasteiger partial charge in [-0.05, 0) is 49.2 Å². The number of methoxy groups -OCH3 is 1. The fourth-order valence-electron chi connectivity index (χ4n) is 3.61. The highest BCUT2D eigenvalue weighted by atomic mass is 19.3. The number of fused-ring (bicyclic) bond motifs is 1. The molecule has 1 aliphatic carbocycles. The van der Waals surface area contributed by atoms with Crippen LogP contribution in [0.4, 0.5) is 14.5 Å². The van der Waals surface area contributed by atoms with E-state index >= 15 is 0 Å². The summed E-state index contributed by atoms with van der Waals surface area (Å²) in [6.45, 7) is 0. The molecule has 0 amide bonds. The minimum absolute atomic E-state index is 0.0548. The van der Waals surface area contributed by atoms with Gasteiger partial charge in [-0.15, -0.1) is 0 Å². The molecule has 3 aromatic rings. The Morgan fingerprint density at radius 1 is 1.04 bits per heavy atom. The number of aromatic nitrogens is 1. The SMILES string of the molecule is COc1ccc(-c2cc(NC3CCC(F)(F)CC3)c3ccccc3n2)cc1. The van der Waals surface area contributed by atoms with Crippen molar-refractivity contribution < 1.29 is 13.5 Å². The van der Waals surface area contributed by atoms with E-state index in [1.807, 2.05) is 54.6 Å². The van der Waals surface area contributed by atoms with Crippen molar-refractivity contribution in [3.63, 3.8) is 0 Å². The standard InChI is InChI=1S/C22H22F2N2O/c1-27-17-8-6-15(7-9-17)20-14-21(18-4-2-3-5-19(18)26-20)25-16-10-12-22(23,24)13-11-16/h2-9,14,16H,10-13H2,1H3,(H,25,26). The van der Waals surface area contributed by atoms with Crippen LogP contribution in [0.2, 0.25) is 0 Å². The molecule has 1 N–H and O–H groups in total. The fourth-order valence-corrected chi connectivity index (χ4v) is 3.61. The summed E-state index contributed by atoms with van der Waals surface area (Å²) in [5, 5.41) is 4.50. The number of anilines is 1. The van der Waals surface area contributed by atoms with Crippen molar-refractivity contribution in [2.24, 2.45) is 0 Å². The van der Waals surface area contributed by atoms with E-state index < -0.39 is 5.92 Å². The van der Waals surface area contributed by atoms with Crippen molar-refractivity contribution in [2.45, 2.75) is 37.6 Å². The van der Waals surface area contributed by atoms with Crippen molar-refractivity contribution in [3.8, 4) is 17.0 Å². The Morgan fingerprint density at radius 3 is 2.44 bits per heavy atom. The number of hydrogen-bond donors (Lipinski definition) is 1. The zero-order chi connectivity index (χ0) is 18.9. The van der Waals surface area contributed by atoms with Crippen LogP contribution < -0.4 is 10.1 Å². The van der Waals surface area contributed by atoms with Crippen molar-refractivity contribution in [1.29, 1.82) is 0 Å². The number of halogens is 2. The summed E-state index contributed by atoms with van der Waals surface area (Å²) < 4.78 is 32.2. The van der Waals surface area contributed by atoms with E-state index in [4.69, 9.17) is 9.72 Å². The van der Waals surface area contributed by atoms with Gasteiger partial charge in [-0.3, -0.25) is 0 Å².